The van der Waals surface area contributed by atoms with Gasteiger partial charge in [0.2, 0.25) is 9.47 Å². The van der Waals surface area contributed by atoms with E-state index in [2.05, 4.69) is 15.1 Å². The molecule has 0 spiro atoms. The zero-order valence-electron chi connectivity index (χ0n) is 11.0. The second kappa shape index (κ2) is 6.17. The lowest BCUT2D eigenvalue weighted by Gasteiger charge is -2.35. The van der Waals surface area contributed by atoms with Gasteiger partial charge in [0.1, 0.15) is 0 Å². The molecule has 1 aromatic heterocycles. The summed E-state index contributed by atoms with van der Waals surface area (Å²) in [5.41, 5.74) is 1.12. The van der Waals surface area contributed by atoms with Crippen molar-refractivity contribution in [3.8, 4) is 0 Å². The molecule has 2 aromatic rings. The van der Waals surface area contributed by atoms with Gasteiger partial charge in [-0.25, -0.2) is 0 Å². The molecule has 0 radical (unpaired) electrons. The Bertz CT molecular complexity index is 638. The number of hydrogen-bond acceptors (Lipinski definition) is 5. The highest BCUT2D eigenvalue weighted by molar-refractivity contribution is 7.17. The van der Waals surface area contributed by atoms with Crippen LogP contribution < -0.4 is 4.90 Å². The van der Waals surface area contributed by atoms with Gasteiger partial charge in [0.25, 0.3) is 5.91 Å². The topological polar surface area (TPSA) is 49.3 Å². The predicted molar refractivity (Wildman–Crippen MR) is 84.5 cm³/mol. The number of nitrogens with zero attached hydrogens (tertiary/aromatic N) is 4. The lowest BCUT2D eigenvalue weighted by atomic mass is 10.2. The molecule has 1 aliphatic heterocycles. The minimum Gasteiger partial charge on any atom is -0.368 e. The molecule has 0 aliphatic carbocycles. The fraction of sp³-hybridized carbons (Fsp3) is 0.308. The minimum absolute atomic E-state index is 0.102. The molecule has 1 saturated heterocycles. The zero-order valence-corrected chi connectivity index (χ0v) is 13.3. The molecule has 21 heavy (non-hydrogen) atoms. The van der Waals surface area contributed by atoms with Crippen molar-refractivity contribution in [3.63, 3.8) is 0 Å². The quantitative estimate of drug-likeness (QED) is 0.841. The van der Waals surface area contributed by atoms with Crippen LogP contribution in [-0.2, 0) is 0 Å². The molecule has 0 saturated carbocycles. The average Bonchev–Trinajstić information content (AvgIpc) is 2.94. The van der Waals surface area contributed by atoms with Crippen molar-refractivity contribution >= 4 is 46.1 Å². The molecule has 1 aromatic carbocycles. The summed E-state index contributed by atoms with van der Waals surface area (Å²) < 4.78 is 0.290. The van der Waals surface area contributed by atoms with Crippen LogP contribution in [0.5, 0.6) is 0 Å². The molecule has 0 unspecified atom stereocenters. The van der Waals surface area contributed by atoms with Crippen LogP contribution in [-0.4, -0.2) is 47.2 Å². The summed E-state index contributed by atoms with van der Waals surface area (Å²) in [6.07, 6.45) is 0. The van der Waals surface area contributed by atoms with Crippen molar-refractivity contribution in [2.75, 3.05) is 31.1 Å². The van der Waals surface area contributed by atoms with E-state index in [4.69, 9.17) is 23.2 Å². The smallest absolute Gasteiger partial charge is 0.285 e. The second-order valence-electron chi connectivity index (χ2n) is 4.62. The van der Waals surface area contributed by atoms with Gasteiger partial charge in [-0.3, -0.25) is 4.79 Å². The van der Waals surface area contributed by atoms with E-state index >= 15 is 0 Å². The number of rotatable bonds is 2. The third-order valence-corrected chi connectivity index (χ3v) is 4.60. The molecule has 0 N–H and O–H groups in total. The van der Waals surface area contributed by atoms with Gasteiger partial charge in [-0.1, -0.05) is 22.9 Å². The Morgan fingerprint density at radius 3 is 2.29 bits per heavy atom. The molecule has 0 atom stereocenters. The third-order valence-electron chi connectivity index (χ3n) is 3.34. The highest BCUT2D eigenvalue weighted by atomic mass is 35.5. The molecule has 1 amide bonds. The maximum atomic E-state index is 12.2. The molecule has 2 heterocycles. The van der Waals surface area contributed by atoms with Gasteiger partial charge in [0.15, 0.2) is 0 Å². The van der Waals surface area contributed by atoms with Crippen LogP contribution in [0, 0.1) is 0 Å². The lowest BCUT2D eigenvalue weighted by Crippen LogP contribution is -2.48. The van der Waals surface area contributed by atoms with Gasteiger partial charge in [-0.05, 0) is 35.9 Å². The van der Waals surface area contributed by atoms with Gasteiger partial charge >= 0.3 is 0 Å². The third kappa shape index (κ3) is 3.28. The van der Waals surface area contributed by atoms with E-state index in [0.717, 1.165) is 35.1 Å². The summed E-state index contributed by atoms with van der Waals surface area (Å²) in [7, 11) is 0. The van der Waals surface area contributed by atoms with Crippen molar-refractivity contribution in [2.45, 2.75) is 0 Å². The summed E-state index contributed by atoms with van der Waals surface area (Å²) in [5.74, 6) is -0.102. The van der Waals surface area contributed by atoms with E-state index in [1.54, 1.807) is 4.90 Å². The molecular weight excluding hydrogens is 331 g/mol. The van der Waals surface area contributed by atoms with Gasteiger partial charge in [0.05, 0.1) is 0 Å². The lowest BCUT2D eigenvalue weighted by molar-refractivity contribution is 0.0745. The van der Waals surface area contributed by atoms with Crippen molar-refractivity contribution < 1.29 is 4.79 Å². The van der Waals surface area contributed by atoms with Crippen LogP contribution in [0.2, 0.25) is 9.49 Å². The highest BCUT2D eigenvalue weighted by Gasteiger charge is 2.24. The number of anilines is 1. The molecule has 1 aliphatic rings. The Labute approximate surface area is 136 Å². The van der Waals surface area contributed by atoms with Crippen LogP contribution in [0.15, 0.2) is 24.3 Å². The number of hydrogen-bond donors (Lipinski definition) is 0. The van der Waals surface area contributed by atoms with Crippen LogP contribution in [0.3, 0.4) is 0 Å². The molecule has 0 bridgehead atoms. The molecule has 5 nitrogen and oxygen atoms in total. The number of piperazine rings is 1. The monoisotopic (exact) mass is 342 g/mol. The molecule has 110 valence electrons. The van der Waals surface area contributed by atoms with Crippen LogP contribution in [0.4, 0.5) is 5.69 Å². The standard InChI is InChI=1S/C13H12Cl2N4OS/c14-9-1-3-10(4-2-9)18-5-7-19(8-6-18)12(20)11-16-17-13(15)21-11/h1-4H,5-8H2. The predicted octanol–water partition coefficient (Wildman–Crippen LogP) is 2.81. The summed E-state index contributed by atoms with van der Waals surface area (Å²) in [5, 5.41) is 8.53. The fourth-order valence-electron chi connectivity index (χ4n) is 2.25. The van der Waals surface area contributed by atoms with Crippen molar-refractivity contribution in [3.05, 3.63) is 38.8 Å². The number of amides is 1. The van der Waals surface area contributed by atoms with Crippen LogP contribution >= 0.6 is 34.5 Å². The van der Waals surface area contributed by atoms with Crippen LogP contribution in [0.1, 0.15) is 9.80 Å². The first kappa shape index (κ1) is 14.6. The summed E-state index contributed by atoms with van der Waals surface area (Å²) in [4.78, 5) is 16.3. The second-order valence-corrected chi connectivity index (χ2v) is 6.61. The van der Waals surface area contributed by atoms with Gasteiger partial charge in [-0.2, -0.15) is 0 Å². The Kier molecular flexibility index (Phi) is 4.28. The van der Waals surface area contributed by atoms with Crippen molar-refractivity contribution in [1.29, 1.82) is 0 Å². The van der Waals surface area contributed by atoms with E-state index < -0.39 is 0 Å². The normalized spacial score (nSPS) is 15.3. The van der Waals surface area contributed by atoms with Crippen molar-refractivity contribution in [1.82, 2.24) is 15.1 Å². The highest BCUT2D eigenvalue weighted by Crippen LogP contribution is 2.21. The summed E-state index contributed by atoms with van der Waals surface area (Å²) >= 11 is 12.7. The number of aromatic nitrogens is 2. The van der Waals surface area contributed by atoms with E-state index in [1.165, 1.54) is 0 Å². The summed E-state index contributed by atoms with van der Waals surface area (Å²) in [6, 6.07) is 7.73. The maximum absolute atomic E-state index is 12.2. The molecular formula is C13H12Cl2N4OS. The first-order valence-electron chi connectivity index (χ1n) is 6.42. The number of carbonyl (C=O) groups is 1. The average molecular weight is 343 g/mol. The largest absolute Gasteiger partial charge is 0.368 e. The van der Waals surface area contributed by atoms with Gasteiger partial charge in [-0.15, -0.1) is 10.2 Å². The molecule has 1 fully saturated rings. The Morgan fingerprint density at radius 2 is 1.71 bits per heavy atom. The zero-order chi connectivity index (χ0) is 14.8. The van der Waals surface area contributed by atoms with E-state index in [0.29, 0.717) is 18.1 Å². The van der Waals surface area contributed by atoms with Gasteiger partial charge in [0, 0.05) is 36.9 Å². The number of halogens is 2. The maximum Gasteiger partial charge on any atom is 0.285 e. The van der Waals surface area contributed by atoms with E-state index in [-0.39, 0.29) is 10.4 Å². The van der Waals surface area contributed by atoms with E-state index in [1.807, 2.05) is 24.3 Å². The fourth-order valence-corrected chi connectivity index (χ4v) is 3.17. The summed E-state index contributed by atoms with van der Waals surface area (Å²) in [6.45, 7) is 2.86. The molecule has 3 rings (SSSR count). The SMILES string of the molecule is O=C(c1nnc(Cl)s1)N1CCN(c2ccc(Cl)cc2)CC1. The first-order chi connectivity index (χ1) is 10.1. The Hall–Kier alpha value is -1.37. The van der Waals surface area contributed by atoms with Gasteiger partial charge < -0.3 is 9.80 Å². The van der Waals surface area contributed by atoms with E-state index in [9.17, 15) is 4.79 Å². The molecule has 8 heteroatoms. The van der Waals surface area contributed by atoms with Crippen LogP contribution in [0.25, 0.3) is 0 Å². The minimum atomic E-state index is -0.102. The Balaban J connectivity index is 1.62. The number of benzene rings is 1. The first-order valence-corrected chi connectivity index (χ1v) is 7.99. The number of carbonyl (C=O) groups excluding carboxylic acids is 1. The van der Waals surface area contributed by atoms with Crippen molar-refractivity contribution in [2.24, 2.45) is 0 Å². The Morgan fingerprint density at radius 1 is 1.05 bits per heavy atom.